The average Bonchev–Trinajstić information content (AvgIpc) is 2.33. The summed E-state index contributed by atoms with van der Waals surface area (Å²) >= 11 is 5.68. The fourth-order valence-corrected chi connectivity index (χ4v) is 1.69. The van der Waals surface area contributed by atoms with Gasteiger partial charge in [-0.15, -0.1) is 11.6 Å². The van der Waals surface area contributed by atoms with Crippen LogP contribution in [0, 0.1) is 5.92 Å². The van der Waals surface area contributed by atoms with Gasteiger partial charge >= 0.3 is 6.18 Å². The molecular weight excluding hydrogens is 263 g/mol. The Morgan fingerprint density at radius 2 is 1.83 bits per heavy atom. The van der Waals surface area contributed by atoms with Crippen molar-refractivity contribution in [2.75, 3.05) is 17.7 Å². The maximum Gasteiger partial charge on any atom is 0.416 e. The van der Waals surface area contributed by atoms with Crippen molar-refractivity contribution in [3.8, 4) is 0 Å². The first-order valence-electron chi connectivity index (χ1n) is 5.90. The van der Waals surface area contributed by atoms with Gasteiger partial charge in [-0.1, -0.05) is 6.92 Å². The van der Waals surface area contributed by atoms with E-state index in [9.17, 15) is 13.2 Å². The van der Waals surface area contributed by atoms with Crippen LogP contribution in [0.25, 0.3) is 0 Å². The molecule has 1 rings (SSSR count). The lowest BCUT2D eigenvalue weighted by atomic mass is 10.1. The summed E-state index contributed by atoms with van der Waals surface area (Å²) in [7, 11) is 0. The third kappa shape index (κ3) is 5.17. The van der Waals surface area contributed by atoms with Gasteiger partial charge in [0.15, 0.2) is 0 Å². The minimum Gasteiger partial charge on any atom is -0.385 e. The Bertz CT molecular complexity index is 348. The maximum absolute atomic E-state index is 12.3. The normalized spacial score (nSPS) is 13.4. The van der Waals surface area contributed by atoms with Gasteiger partial charge in [-0.2, -0.15) is 13.2 Å². The van der Waals surface area contributed by atoms with Crippen LogP contribution in [0.4, 0.5) is 18.9 Å². The first kappa shape index (κ1) is 15.2. The van der Waals surface area contributed by atoms with E-state index in [-0.39, 0.29) is 0 Å². The molecule has 0 aliphatic heterocycles. The zero-order valence-electron chi connectivity index (χ0n) is 10.2. The number of rotatable bonds is 6. The van der Waals surface area contributed by atoms with Crippen molar-refractivity contribution < 1.29 is 13.2 Å². The van der Waals surface area contributed by atoms with Gasteiger partial charge in [-0.25, -0.2) is 0 Å². The quantitative estimate of drug-likeness (QED) is 0.584. The zero-order chi connectivity index (χ0) is 13.6. The zero-order valence-corrected chi connectivity index (χ0v) is 11.0. The number of anilines is 1. The van der Waals surface area contributed by atoms with Crippen molar-refractivity contribution in [2.45, 2.75) is 25.9 Å². The smallest absolute Gasteiger partial charge is 0.385 e. The largest absolute Gasteiger partial charge is 0.416 e. The average molecular weight is 280 g/mol. The van der Waals surface area contributed by atoms with E-state index >= 15 is 0 Å². The number of nitrogens with one attached hydrogen (secondary N) is 1. The molecule has 18 heavy (non-hydrogen) atoms. The van der Waals surface area contributed by atoms with E-state index in [4.69, 9.17) is 11.6 Å². The number of alkyl halides is 4. The fourth-order valence-electron chi connectivity index (χ4n) is 1.54. The molecule has 1 aromatic carbocycles. The monoisotopic (exact) mass is 279 g/mol. The molecule has 0 heterocycles. The molecule has 102 valence electrons. The van der Waals surface area contributed by atoms with Crippen molar-refractivity contribution in [2.24, 2.45) is 5.92 Å². The van der Waals surface area contributed by atoms with Gasteiger partial charge in [-0.05, 0) is 43.0 Å². The molecule has 0 fully saturated rings. The van der Waals surface area contributed by atoms with E-state index < -0.39 is 11.7 Å². The Labute approximate surface area is 110 Å². The molecule has 0 radical (unpaired) electrons. The molecule has 0 amide bonds. The van der Waals surface area contributed by atoms with Gasteiger partial charge in [0.25, 0.3) is 0 Å². The highest BCUT2D eigenvalue weighted by Gasteiger charge is 2.29. The van der Waals surface area contributed by atoms with E-state index in [0.29, 0.717) is 17.5 Å². The summed E-state index contributed by atoms with van der Waals surface area (Å²) in [6, 6.07) is 5.08. The molecule has 0 aliphatic carbocycles. The standard InChI is InChI=1S/C13H17ClF3N/c1-10(9-14)3-2-8-18-12-6-4-11(5-7-12)13(15,16)17/h4-7,10,18H,2-3,8-9H2,1H3. The summed E-state index contributed by atoms with van der Waals surface area (Å²) in [5.41, 5.74) is 0.0883. The van der Waals surface area contributed by atoms with Crippen LogP contribution in [0.5, 0.6) is 0 Å². The molecule has 0 saturated carbocycles. The second-order valence-corrected chi connectivity index (χ2v) is 4.71. The molecule has 0 aromatic heterocycles. The number of halogens is 4. The molecule has 0 saturated heterocycles. The van der Waals surface area contributed by atoms with Crippen LogP contribution >= 0.6 is 11.6 Å². The Morgan fingerprint density at radius 1 is 1.22 bits per heavy atom. The summed E-state index contributed by atoms with van der Waals surface area (Å²) in [6.07, 6.45) is -2.31. The van der Waals surface area contributed by atoms with Gasteiger partial charge < -0.3 is 5.32 Å². The Kier molecular flexibility index (Phi) is 5.79. The highest BCUT2D eigenvalue weighted by atomic mass is 35.5. The van der Waals surface area contributed by atoms with Crippen molar-refractivity contribution in [3.05, 3.63) is 29.8 Å². The maximum atomic E-state index is 12.3. The third-order valence-corrected chi connectivity index (χ3v) is 3.21. The first-order valence-corrected chi connectivity index (χ1v) is 6.44. The number of hydrogen-bond acceptors (Lipinski definition) is 1. The minimum atomic E-state index is -4.27. The van der Waals surface area contributed by atoms with Crippen molar-refractivity contribution >= 4 is 17.3 Å². The Morgan fingerprint density at radius 3 is 2.33 bits per heavy atom. The van der Waals surface area contributed by atoms with Gasteiger partial charge in [0.2, 0.25) is 0 Å². The lowest BCUT2D eigenvalue weighted by Crippen LogP contribution is -2.07. The second-order valence-electron chi connectivity index (χ2n) is 4.40. The third-order valence-electron chi connectivity index (χ3n) is 2.68. The van der Waals surface area contributed by atoms with Gasteiger partial charge in [0.1, 0.15) is 0 Å². The van der Waals surface area contributed by atoms with Crippen LogP contribution in [-0.4, -0.2) is 12.4 Å². The van der Waals surface area contributed by atoms with Crippen LogP contribution in [0.2, 0.25) is 0 Å². The number of benzene rings is 1. The van der Waals surface area contributed by atoms with Crippen LogP contribution in [0.3, 0.4) is 0 Å². The molecule has 1 unspecified atom stereocenters. The first-order chi connectivity index (χ1) is 8.43. The molecule has 1 nitrogen and oxygen atoms in total. The number of hydrogen-bond donors (Lipinski definition) is 1. The second kappa shape index (κ2) is 6.88. The SMILES string of the molecule is CC(CCl)CCCNc1ccc(C(F)(F)F)cc1. The Hall–Kier alpha value is -0.900. The van der Waals surface area contributed by atoms with Crippen LogP contribution in [0.15, 0.2) is 24.3 Å². The topological polar surface area (TPSA) is 12.0 Å². The van der Waals surface area contributed by atoms with Crippen LogP contribution in [-0.2, 0) is 6.18 Å². The molecule has 1 N–H and O–H groups in total. The summed E-state index contributed by atoms with van der Waals surface area (Å²) in [6.45, 7) is 2.82. The van der Waals surface area contributed by atoms with E-state index in [2.05, 4.69) is 12.2 Å². The molecular formula is C13H17ClF3N. The van der Waals surface area contributed by atoms with E-state index in [1.165, 1.54) is 12.1 Å². The summed E-state index contributed by atoms with van der Waals surface area (Å²) < 4.78 is 37.0. The molecule has 0 bridgehead atoms. The predicted molar refractivity (Wildman–Crippen MR) is 69.1 cm³/mol. The van der Waals surface area contributed by atoms with Gasteiger partial charge in [0, 0.05) is 18.1 Å². The van der Waals surface area contributed by atoms with Gasteiger partial charge in [-0.3, -0.25) is 0 Å². The molecule has 0 aliphatic rings. The summed E-state index contributed by atoms with van der Waals surface area (Å²) in [5.74, 6) is 1.11. The summed E-state index contributed by atoms with van der Waals surface area (Å²) in [5, 5.41) is 3.09. The minimum absolute atomic E-state index is 0.473. The van der Waals surface area contributed by atoms with Crippen molar-refractivity contribution in [1.29, 1.82) is 0 Å². The molecule has 1 aromatic rings. The van der Waals surface area contributed by atoms with E-state index in [1.54, 1.807) is 0 Å². The lowest BCUT2D eigenvalue weighted by molar-refractivity contribution is -0.137. The highest BCUT2D eigenvalue weighted by Crippen LogP contribution is 2.29. The molecule has 1 atom stereocenters. The molecule has 0 spiro atoms. The predicted octanol–water partition coefficient (Wildman–Crippen LogP) is 4.77. The van der Waals surface area contributed by atoms with E-state index in [1.807, 2.05) is 0 Å². The van der Waals surface area contributed by atoms with Gasteiger partial charge in [0.05, 0.1) is 5.56 Å². The van der Waals surface area contributed by atoms with Crippen LogP contribution in [0.1, 0.15) is 25.3 Å². The van der Waals surface area contributed by atoms with Crippen molar-refractivity contribution in [1.82, 2.24) is 0 Å². The lowest BCUT2D eigenvalue weighted by Gasteiger charge is -2.10. The fraction of sp³-hybridized carbons (Fsp3) is 0.538. The Balaban J connectivity index is 2.36. The highest BCUT2D eigenvalue weighted by molar-refractivity contribution is 6.18. The summed E-state index contributed by atoms with van der Waals surface area (Å²) in [4.78, 5) is 0. The molecule has 5 heteroatoms. The van der Waals surface area contributed by atoms with Crippen molar-refractivity contribution in [3.63, 3.8) is 0 Å². The van der Waals surface area contributed by atoms with E-state index in [0.717, 1.165) is 31.5 Å². The van der Waals surface area contributed by atoms with Crippen LogP contribution < -0.4 is 5.32 Å².